The number of thiophene rings is 1. The average molecular weight is 492 g/mol. The lowest BCUT2D eigenvalue weighted by Gasteiger charge is -2.22. The highest BCUT2D eigenvalue weighted by atomic mass is 32.1. The van der Waals surface area contributed by atoms with E-state index in [9.17, 15) is 23.5 Å². The number of aliphatic hydroxyl groups is 1. The molecule has 2 aromatic rings. The van der Waals surface area contributed by atoms with Crippen LogP contribution in [0.4, 0.5) is 8.78 Å². The number of hydrogen-bond acceptors (Lipinski definition) is 5. The largest absolute Gasteiger partial charge is 0.465 e. The van der Waals surface area contributed by atoms with Gasteiger partial charge >= 0.3 is 11.9 Å². The van der Waals surface area contributed by atoms with E-state index in [-0.39, 0.29) is 12.5 Å². The monoisotopic (exact) mass is 491 g/mol. The number of nitrogens with zero attached hydrogens (tertiary/aromatic N) is 1. The molecular formula is C26H31F2NO4S. The SMILES string of the molecule is COC(=O)c1ccc(CCCN2C(=O)C(F)(F)C[C@@H]2C=C[C@@H](O)[C@@H](C)CCc2ccccc2)s1. The molecule has 0 radical (unpaired) electrons. The minimum Gasteiger partial charge on any atom is -0.465 e. The van der Waals surface area contributed by atoms with Crippen LogP contribution in [-0.2, 0) is 22.4 Å². The molecule has 1 aliphatic heterocycles. The number of carbonyl (C=O) groups is 2. The van der Waals surface area contributed by atoms with Gasteiger partial charge in [0.15, 0.2) is 0 Å². The summed E-state index contributed by atoms with van der Waals surface area (Å²) in [5, 5.41) is 10.5. The molecule has 3 atom stereocenters. The maximum atomic E-state index is 14.2. The molecule has 1 aromatic heterocycles. The molecule has 0 bridgehead atoms. The van der Waals surface area contributed by atoms with Crippen LogP contribution in [0.5, 0.6) is 0 Å². The number of ether oxygens (including phenoxy) is 1. The third kappa shape index (κ3) is 6.73. The minimum atomic E-state index is -3.40. The highest BCUT2D eigenvalue weighted by molar-refractivity contribution is 7.13. The van der Waals surface area contributed by atoms with Crippen LogP contribution in [0.3, 0.4) is 0 Å². The molecule has 1 aromatic carbocycles. The van der Waals surface area contributed by atoms with Gasteiger partial charge < -0.3 is 14.7 Å². The lowest BCUT2D eigenvalue weighted by atomic mass is 9.95. The van der Waals surface area contributed by atoms with Crippen molar-refractivity contribution >= 4 is 23.2 Å². The van der Waals surface area contributed by atoms with Crippen molar-refractivity contribution in [1.29, 1.82) is 0 Å². The van der Waals surface area contributed by atoms with Gasteiger partial charge in [0, 0.05) is 17.8 Å². The van der Waals surface area contributed by atoms with Gasteiger partial charge in [-0.15, -0.1) is 11.3 Å². The maximum Gasteiger partial charge on any atom is 0.348 e. The smallest absolute Gasteiger partial charge is 0.348 e. The Balaban J connectivity index is 1.54. The summed E-state index contributed by atoms with van der Waals surface area (Å²) in [5.74, 6) is -5.03. The molecule has 3 rings (SSSR count). The molecular weight excluding hydrogens is 460 g/mol. The molecule has 1 fully saturated rings. The summed E-state index contributed by atoms with van der Waals surface area (Å²) in [6, 6.07) is 12.7. The molecule has 0 unspecified atom stereocenters. The van der Waals surface area contributed by atoms with Crippen molar-refractivity contribution in [3.05, 3.63) is 69.9 Å². The first kappa shape index (κ1) is 26.0. The van der Waals surface area contributed by atoms with E-state index < -0.39 is 36.4 Å². The Bertz CT molecular complexity index is 992. The van der Waals surface area contributed by atoms with Crippen molar-refractivity contribution in [2.75, 3.05) is 13.7 Å². The van der Waals surface area contributed by atoms with Crippen LogP contribution in [0.25, 0.3) is 0 Å². The number of rotatable bonds is 11. The molecule has 5 nitrogen and oxygen atoms in total. The number of halogens is 2. The maximum absolute atomic E-state index is 14.2. The van der Waals surface area contributed by atoms with Gasteiger partial charge in [0.1, 0.15) is 4.88 Å². The van der Waals surface area contributed by atoms with E-state index in [0.29, 0.717) is 17.7 Å². The molecule has 0 spiro atoms. The normalized spacial score (nSPS) is 19.5. The Hall–Kier alpha value is -2.58. The average Bonchev–Trinajstić information content (AvgIpc) is 3.39. The molecule has 1 N–H and O–H groups in total. The fourth-order valence-electron chi connectivity index (χ4n) is 4.05. The predicted octanol–water partition coefficient (Wildman–Crippen LogP) is 4.89. The van der Waals surface area contributed by atoms with Crippen LogP contribution in [0.1, 0.15) is 46.3 Å². The second-order valence-corrected chi connectivity index (χ2v) is 9.88. The van der Waals surface area contributed by atoms with Gasteiger partial charge in [-0.2, -0.15) is 8.78 Å². The third-order valence-electron chi connectivity index (χ3n) is 6.15. The van der Waals surface area contributed by atoms with Crippen molar-refractivity contribution < 1.29 is 28.2 Å². The zero-order chi connectivity index (χ0) is 24.7. The summed E-state index contributed by atoms with van der Waals surface area (Å²) in [5.41, 5.74) is 1.18. The van der Waals surface area contributed by atoms with Gasteiger partial charge in [-0.3, -0.25) is 4.79 Å². The molecule has 0 saturated carbocycles. The van der Waals surface area contributed by atoms with Crippen molar-refractivity contribution in [2.24, 2.45) is 5.92 Å². The highest BCUT2D eigenvalue weighted by Crippen LogP contribution is 2.34. The number of likely N-dealkylation sites (tertiary alicyclic amines) is 1. The van der Waals surface area contributed by atoms with E-state index in [1.807, 2.05) is 43.3 Å². The number of aliphatic hydroxyl groups excluding tert-OH is 1. The Morgan fingerprint density at radius 1 is 1.26 bits per heavy atom. The molecule has 1 amide bonds. The van der Waals surface area contributed by atoms with Crippen LogP contribution in [0, 0.1) is 5.92 Å². The zero-order valence-corrected chi connectivity index (χ0v) is 20.3. The second kappa shape index (κ2) is 11.7. The minimum absolute atomic E-state index is 0.0506. The fraction of sp³-hybridized carbons (Fsp3) is 0.462. The first-order chi connectivity index (χ1) is 16.2. The quantitative estimate of drug-likeness (QED) is 0.359. The van der Waals surface area contributed by atoms with Gasteiger partial charge in [0.25, 0.3) is 5.91 Å². The van der Waals surface area contributed by atoms with Crippen molar-refractivity contribution in [1.82, 2.24) is 4.90 Å². The van der Waals surface area contributed by atoms with Crippen LogP contribution >= 0.6 is 11.3 Å². The second-order valence-electron chi connectivity index (χ2n) is 8.71. The van der Waals surface area contributed by atoms with E-state index >= 15 is 0 Å². The standard InChI is InChI=1S/C26H31F2NO4S/c1-18(10-11-19-7-4-3-5-8-19)22(30)14-12-20-17-26(27,28)25(32)29(20)16-6-9-21-13-15-23(34-21)24(31)33-2/h3-5,7-8,12-15,18,20,22,30H,6,9-11,16-17H2,1-2H3/t18-,20-,22+/m0/s1. The lowest BCUT2D eigenvalue weighted by molar-refractivity contribution is -0.148. The number of hydrogen-bond donors (Lipinski definition) is 1. The van der Waals surface area contributed by atoms with E-state index in [2.05, 4.69) is 0 Å². The zero-order valence-electron chi connectivity index (χ0n) is 19.5. The molecule has 34 heavy (non-hydrogen) atoms. The molecule has 8 heteroatoms. The molecule has 1 aliphatic rings. The van der Waals surface area contributed by atoms with E-state index in [1.54, 1.807) is 18.2 Å². The van der Waals surface area contributed by atoms with E-state index in [4.69, 9.17) is 4.74 Å². The van der Waals surface area contributed by atoms with Crippen LogP contribution in [0.2, 0.25) is 0 Å². The summed E-state index contributed by atoms with van der Waals surface area (Å²) >= 11 is 1.30. The lowest BCUT2D eigenvalue weighted by Crippen LogP contribution is -2.36. The Morgan fingerprint density at radius 3 is 2.71 bits per heavy atom. The number of amides is 1. The number of methoxy groups -OCH3 is 1. The summed E-state index contributed by atoms with van der Waals surface area (Å²) in [4.78, 5) is 26.5. The van der Waals surface area contributed by atoms with Gasteiger partial charge in [-0.25, -0.2) is 4.79 Å². The molecule has 184 valence electrons. The van der Waals surface area contributed by atoms with E-state index in [0.717, 1.165) is 17.7 Å². The Kier molecular flexibility index (Phi) is 8.97. The summed E-state index contributed by atoms with van der Waals surface area (Å²) in [6.45, 7) is 2.10. The number of esters is 1. The van der Waals surface area contributed by atoms with Gasteiger partial charge in [-0.05, 0) is 49.3 Å². The van der Waals surface area contributed by atoms with Gasteiger partial charge in [0.2, 0.25) is 0 Å². The molecule has 1 saturated heterocycles. The number of benzene rings is 1. The van der Waals surface area contributed by atoms with Crippen LogP contribution < -0.4 is 0 Å². The predicted molar refractivity (Wildman–Crippen MR) is 128 cm³/mol. The topological polar surface area (TPSA) is 66.8 Å². The van der Waals surface area contributed by atoms with Crippen molar-refractivity contribution in [3.63, 3.8) is 0 Å². The first-order valence-corrected chi connectivity index (χ1v) is 12.3. The number of alkyl halides is 2. The summed E-state index contributed by atoms with van der Waals surface area (Å²) in [7, 11) is 1.32. The molecule has 2 heterocycles. The summed E-state index contributed by atoms with van der Waals surface area (Å²) in [6.07, 6.45) is 4.35. The molecule has 0 aliphatic carbocycles. The number of aryl methyl sites for hydroxylation is 2. The fourth-order valence-corrected chi connectivity index (χ4v) is 5.02. The van der Waals surface area contributed by atoms with Crippen molar-refractivity contribution in [2.45, 2.75) is 57.1 Å². The van der Waals surface area contributed by atoms with Gasteiger partial charge in [-0.1, -0.05) is 49.4 Å². The summed E-state index contributed by atoms with van der Waals surface area (Å²) < 4.78 is 33.0. The Labute approximate surface area is 203 Å². The van der Waals surface area contributed by atoms with Crippen molar-refractivity contribution in [3.8, 4) is 0 Å². The Morgan fingerprint density at radius 2 is 2.00 bits per heavy atom. The van der Waals surface area contributed by atoms with Crippen LogP contribution in [0.15, 0.2) is 54.6 Å². The van der Waals surface area contributed by atoms with Gasteiger partial charge in [0.05, 0.1) is 19.3 Å². The van der Waals surface area contributed by atoms with E-state index in [1.165, 1.54) is 28.9 Å². The number of carbonyl (C=O) groups excluding carboxylic acids is 2. The third-order valence-corrected chi connectivity index (χ3v) is 7.28. The van der Waals surface area contributed by atoms with Crippen LogP contribution in [-0.4, -0.2) is 53.6 Å². The highest BCUT2D eigenvalue weighted by Gasteiger charge is 2.52. The first-order valence-electron chi connectivity index (χ1n) is 11.5.